The first-order valence-corrected chi connectivity index (χ1v) is 4.46. The second kappa shape index (κ2) is 4.39. The first-order valence-electron chi connectivity index (χ1n) is 4.08. The maximum Gasteiger partial charge on any atom is 0.250 e. The van der Waals surface area contributed by atoms with Crippen LogP contribution in [-0.4, -0.2) is 22.6 Å². The topological polar surface area (TPSA) is 62.2 Å². The molecule has 0 radical (unpaired) electrons. The van der Waals surface area contributed by atoms with Gasteiger partial charge in [-0.1, -0.05) is 11.6 Å². The number of hydrogen-bond acceptors (Lipinski definition) is 3. The summed E-state index contributed by atoms with van der Waals surface area (Å²) in [6, 6.07) is 0. The Morgan fingerprint density at radius 2 is 2.29 bits per heavy atom. The third kappa shape index (κ3) is 2.21. The van der Waals surface area contributed by atoms with E-state index in [0.717, 1.165) is 5.56 Å². The number of rotatable bonds is 2. The van der Waals surface area contributed by atoms with Gasteiger partial charge in [0.1, 0.15) is 6.61 Å². The van der Waals surface area contributed by atoms with Gasteiger partial charge in [-0.05, 0) is 19.4 Å². The lowest BCUT2D eigenvalue weighted by Crippen LogP contribution is -2.16. The van der Waals surface area contributed by atoms with Gasteiger partial charge in [0, 0.05) is 0 Å². The fraction of sp³-hybridized carbons (Fsp3) is 0.333. The molecule has 5 heteroatoms. The molecule has 2 N–H and O–H groups in total. The number of aryl methyl sites for hydroxylation is 1. The lowest BCUT2D eigenvalue weighted by Gasteiger charge is -2.09. The molecule has 1 aromatic heterocycles. The number of nitrogens with zero attached hydrogens (tertiary/aromatic N) is 1. The van der Waals surface area contributed by atoms with Crippen LogP contribution in [0.15, 0.2) is 6.20 Å². The van der Waals surface area contributed by atoms with E-state index < -0.39 is 12.5 Å². The minimum absolute atomic E-state index is 0.477. The van der Waals surface area contributed by atoms with Gasteiger partial charge < -0.3 is 10.4 Å². The Labute approximate surface area is 86.9 Å². The van der Waals surface area contributed by atoms with Gasteiger partial charge in [-0.25, -0.2) is 0 Å². The van der Waals surface area contributed by atoms with Gasteiger partial charge >= 0.3 is 0 Å². The van der Waals surface area contributed by atoms with Crippen molar-refractivity contribution in [1.82, 2.24) is 4.98 Å². The van der Waals surface area contributed by atoms with Crippen molar-refractivity contribution >= 4 is 23.2 Å². The van der Waals surface area contributed by atoms with E-state index in [4.69, 9.17) is 16.7 Å². The van der Waals surface area contributed by atoms with Crippen LogP contribution in [0.5, 0.6) is 0 Å². The van der Waals surface area contributed by atoms with Crippen LogP contribution in [0.1, 0.15) is 11.3 Å². The molecule has 0 saturated carbocycles. The van der Waals surface area contributed by atoms with E-state index >= 15 is 0 Å². The van der Waals surface area contributed by atoms with Crippen LogP contribution in [0.2, 0.25) is 5.02 Å². The van der Waals surface area contributed by atoms with E-state index in [1.54, 1.807) is 13.8 Å². The van der Waals surface area contributed by atoms with Crippen molar-refractivity contribution in [2.45, 2.75) is 13.8 Å². The van der Waals surface area contributed by atoms with Gasteiger partial charge in [0.25, 0.3) is 0 Å². The third-order valence-corrected chi connectivity index (χ3v) is 2.41. The monoisotopic (exact) mass is 214 g/mol. The number of aliphatic hydroxyl groups excluding tert-OH is 1. The molecule has 1 amide bonds. The van der Waals surface area contributed by atoms with Crippen molar-refractivity contribution in [2.75, 3.05) is 11.9 Å². The van der Waals surface area contributed by atoms with E-state index in [9.17, 15) is 4.79 Å². The lowest BCUT2D eigenvalue weighted by molar-refractivity contribution is -0.118. The highest BCUT2D eigenvalue weighted by Crippen LogP contribution is 2.24. The summed E-state index contributed by atoms with van der Waals surface area (Å²) in [6.45, 7) is 3.02. The fourth-order valence-electron chi connectivity index (χ4n) is 1.02. The highest BCUT2D eigenvalue weighted by Gasteiger charge is 2.08. The highest BCUT2D eigenvalue weighted by atomic mass is 35.5. The van der Waals surface area contributed by atoms with Crippen molar-refractivity contribution in [3.05, 3.63) is 22.5 Å². The molecule has 0 aromatic carbocycles. The number of aromatic nitrogens is 1. The van der Waals surface area contributed by atoms with Crippen LogP contribution < -0.4 is 5.32 Å². The number of amides is 1. The molecule has 1 aromatic rings. The first-order chi connectivity index (χ1) is 6.56. The summed E-state index contributed by atoms with van der Waals surface area (Å²) in [6.07, 6.45) is 1.52. The number of anilines is 1. The molecular weight excluding hydrogens is 204 g/mol. The lowest BCUT2D eigenvalue weighted by atomic mass is 10.2. The Hall–Kier alpha value is -1.13. The second-order valence-electron chi connectivity index (χ2n) is 2.90. The summed E-state index contributed by atoms with van der Waals surface area (Å²) in [5.74, 6) is -0.477. The number of aliphatic hydroxyl groups is 1. The van der Waals surface area contributed by atoms with Gasteiger partial charge in [-0.15, -0.1) is 0 Å². The Kier molecular flexibility index (Phi) is 3.43. The van der Waals surface area contributed by atoms with Crippen molar-refractivity contribution in [3.63, 3.8) is 0 Å². The molecular formula is C9H11ClN2O2. The molecule has 1 heterocycles. The Morgan fingerprint density at radius 1 is 1.64 bits per heavy atom. The quantitative estimate of drug-likeness (QED) is 0.780. The van der Waals surface area contributed by atoms with Crippen LogP contribution in [0.3, 0.4) is 0 Å². The number of carbonyl (C=O) groups excluding carboxylic acids is 1. The zero-order valence-electron chi connectivity index (χ0n) is 7.97. The highest BCUT2D eigenvalue weighted by molar-refractivity contribution is 6.32. The van der Waals surface area contributed by atoms with Crippen molar-refractivity contribution < 1.29 is 9.90 Å². The number of nitrogens with one attached hydrogen (secondary N) is 1. The standard InChI is InChI=1S/C9H11ClN2O2/c1-5-7(12-8(14)4-13)3-11-6(2)9(5)10/h3,13H,4H2,1-2H3,(H,12,14). The van der Waals surface area contributed by atoms with Crippen LogP contribution in [0, 0.1) is 13.8 Å². The van der Waals surface area contributed by atoms with E-state index in [-0.39, 0.29) is 0 Å². The molecule has 0 spiro atoms. The molecule has 0 aliphatic carbocycles. The van der Waals surface area contributed by atoms with Gasteiger partial charge in [-0.2, -0.15) is 0 Å². The van der Waals surface area contributed by atoms with Crippen molar-refractivity contribution in [2.24, 2.45) is 0 Å². The van der Waals surface area contributed by atoms with Crippen molar-refractivity contribution in [3.8, 4) is 0 Å². The minimum Gasteiger partial charge on any atom is -0.387 e. The first kappa shape index (κ1) is 10.9. The minimum atomic E-state index is -0.551. The SMILES string of the molecule is Cc1ncc(NC(=O)CO)c(C)c1Cl. The largest absolute Gasteiger partial charge is 0.387 e. The Bertz CT molecular complexity index is 366. The second-order valence-corrected chi connectivity index (χ2v) is 3.28. The van der Waals surface area contributed by atoms with E-state index in [2.05, 4.69) is 10.3 Å². The molecule has 4 nitrogen and oxygen atoms in total. The van der Waals surface area contributed by atoms with Gasteiger partial charge in [-0.3, -0.25) is 9.78 Å². The number of carbonyl (C=O) groups is 1. The zero-order chi connectivity index (χ0) is 10.7. The zero-order valence-corrected chi connectivity index (χ0v) is 8.72. The van der Waals surface area contributed by atoms with E-state index in [0.29, 0.717) is 16.4 Å². The summed E-state index contributed by atoms with van der Waals surface area (Å²) in [5, 5.41) is 11.6. The molecule has 0 aliphatic heterocycles. The van der Waals surface area contributed by atoms with E-state index in [1.807, 2.05) is 0 Å². The molecule has 0 fully saturated rings. The summed E-state index contributed by atoms with van der Waals surface area (Å²) in [4.78, 5) is 14.9. The molecule has 14 heavy (non-hydrogen) atoms. The van der Waals surface area contributed by atoms with Crippen molar-refractivity contribution in [1.29, 1.82) is 0 Å². The maximum absolute atomic E-state index is 10.9. The molecule has 0 aliphatic rings. The molecule has 0 unspecified atom stereocenters. The van der Waals surface area contributed by atoms with Crippen LogP contribution >= 0.6 is 11.6 Å². The predicted octanol–water partition coefficient (Wildman–Crippen LogP) is 1.28. The summed E-state index contributed by atoms with van der Waals surface area (Å²) in [7, 11) is 0. The summed E-state index contributed by atoms with van der Waals surface area (Å²) < 4.78 is 0. The summed E-state index contributed by atoms with van der Waals surface area (Å²) in [5.41, 5.74) is 1.99. The fourth-order valence-corrected chi connectivity index (χ4v) is 1.17. The normalized spacial score (nSPS) is 10.0. The van der Waals surface area contributed by atoms with Crippen LogP contribution in [0.4, 0.5) is 5.69 Å². The van der Waals surface area contributed by atoms with Crippen LogP contribution in [-0.2, 0) is 4.79 Å². The average Bonchev–Trinajstić information content (AvgIpc) is 2.19. The van der Waals surface area contributed by atoms with Gasteiger partial charge in [0.15, 0.2) is 0 Å². The van der Waals surface area contributed by atoms with Gasteiger partial charge in [0.2, 0.25) is 5.91 Å². The molecule has 0 atom stereocenters. The third-order valence-electron chi connectivity index (χ3n) is 1.86. The average molecular weight is 215 g/mol. The molecule has 0 bridgehead atoms. The number of pyridine rings is 1. The van der Waals surface area contributed by atoms with Crippen LogP contribution in [0.25, 0.3) is 0 Å². The summed E-state index contributed by atoms with van der Waals surface area (Å²) >= 11 is 5.93. The molecule has 76 valence electrons. The van der Waals surface area contributed by atoms with Gasteiger partial charge in [0.05, 0.1) is 22.6 Å². The molecule has 1 rings (SSSR count). The Morgan fingerprint density at radius 3 is 2.86 bits per heavy atom. The Balaban J connectivity index is 3.00. The predicted molar refractivity (Wildman–Crippen MR) is 54.4 cm³/mol. The van der Waals surface area contributed by atoms with E-state index in [1.165, 1.54) is 6.20 Å². The maximum atomic E-state index is 10.9. The molecule has 0 saturated heterocycles. The number of hydrogen-bond donors (Lipinski definition) is 2. The number of halogens is 1. The smallest absolute Gasteiger partial charge is 0.250 e.